The van der Waals surface area contributed by atoms with Crippen molar-refractivity contribution in [3.63, 3.8) is 0 Å². The molecule has 0 aliphatic rings. The van der Waals surface area contributed by atoms with Crippen LogP contribution in [0.2, 0.25) is 0 Å². The molecule has 0 amide bonds. The minimum Gasteiger partial charge on any atom is -0.504 e. The highest BCUT2D eigenvalue weighted by atomic mass is 79.9. The van der Waals surface area contributed by atoms with E-state index in [-0.39, 0.29) is 11.5 Å². The van der Waals surface area contributed by atoms with Gasteiger partial charge in [0.05, 0.1) is 4.47 Å². The first-order chi connectivity index (χ1) is 6.86. The molecule has 0 atom stereocenters. The second-order valence-corrected chi connectivity index (χ2v) is 4.03. The molecule has 0 bridgehead atoms. The molecule has 1 rings (SSSR count). The number of rotatable bonds is 1. The Hall–Kier alpha value is -1.23. The van der Waals surface area contributed by atoms with E-state index >= 15 is 0 Å². The molecule has 4 nitrogen and oxygen atoms in total. The molecule has 0 saturated heterocycles. The average Bonchev–Trinajstić information content (AvgIpc) is 2.18. The van der Waals surface area contributed by atoms with Crippen LogP contribution in [0.4, 0.5) is 4.79 Å². The average molecular weight is 275 g/mol. The molecular formula is C10H11BrO4. The molecule has 5 heteroatoms. The Morgan fingerprint density at radius 2 is 1.73 bits per heavy atom. The van der Waals surface area contributed by atoms with Crippen LogP contribution in [0.25, 0.3) is 0 Å². The molecule has 0 saturated carbocycles. The quantitative estimate of drug-likeness (QED) is 0.610. The van der Waals surface area contributed by atoms with Crippen LogP contribution < -0.4 is 4.74 Å². The lowest BCUT2D eigenvalue weighted by Gasteiger charge is -2.14. The topological polar surface area (TPSA) is 66.8 Å². The van der Waals surface area contributed by atoms with Crippen molar-refractivity contribution in [1.29, 1.82) is 0 Å². The van der Waals surface area contributed by atoms with E-state index in [9.17, 15) is 9.90 Å². The molecule has 0 aliphatic carbocycles. The highest BCUT2D eigenvalue weighted by molar-refractivity contribution is 9.10. The highest BCUT2D eigenvalue weighted by Gasteiger charge is 2.18. The number of hydrogen-bond acceptors (Lipinski definition) is 3. The molecular weight excluding hydrogens is 264 g/mol. The molecule has 0 aromatic heterocycles. The maximum Gasteiger partial charge on any atom is 0.511 e. The monoisotopic (exact) mass is 274 g/mol. The number of carbonyl (C=O) groups is 1. The van der Waals surface area contributed by atoms with Gasteiger partial charge in [-0.15, -0.1) is 0 Å². The Labute approximate surface area is 95.6 Å². The minimum absolute atomic E-state index is 0.0527. The summed E-state index contributed by atoms with van der Waals surface area (Å²) in [5.74, 6) is -0.199. The third kappa shape index (κ3) is 2.07. The van der Waals surface area contributed by atoms with Gasteiger partial charge < -0.3 is 14.9 Å². The van der Waals surface area contributed by atoms with Gasteiger partial charge in [0.15, 0.2) is 11.5 Å². The van der Waals surface area contributed by atoms with Gasteiger partial charge in [-0.05, 0) is 53.4 Å². The molecule has 0 radical (unpaired) electrons. The number of phenols is 1. The van der Waals surface area contributed by atoms with E-state index < -0.39 is 6.16 Å². The number of benzene rings is 1. The Balaban J connectivity index is 3.45. The SMILES string of the molecule is Cc1c(C)c(O)c(OC(=O)O)c(Br)c1C. The molecule has 15 heavy (non-hydrogen) atoms. The van der Waals surface area contributed by atoms with Crippen molar-refractivity contribution in [3.8, 4) is 11.5 Å². The van der Waals surface area contributed by atoms with Gasteiger partial charge in [-0.2, -0.15) is 0 Å². The van der Waals surface area contributed by atoms with Gasteiger partial charge in [0, 0.05) is 0 Å². The summed E-state index contributed by atoms with van der Waals surface area (Å²) in [7, 11) is 0. The van der Waals surface area contributed by atoms with Gasteiger partial charge in [0.25, 0.3) is 0 Å². The fraction of sp³-hybridized carbons (Fsp3) is 0.300. The molecule has 2 N–H and O–H groups in total. The van der Waals surface area contributed by atoms with E-state index in [1.807, 2.05) is 13.8 Å². The summed E-state index contributed by atoms with van der Waals surface area (Å²) in [5.41, 5.74) is 2.37. The summed E-state index contributed by atoms with van der Waals surface area (Å²) < 4.78 is 4.98. The van der Waals surface area contributed by atoms with Crippen molar-refractivity contribution >= 4 is 22.1 Å². The van der Waals surface area contributed by atoms with E-state index in [0.717, 1.165) is 11.1 Å². The Bertz CT molecular complexity index is 397. The van der Waals surface area contributed by atoms with Crippen LogP contribution in [0.15, 0.2) is 4.47 Å². The molecule has 0 heterocycles. The van der Waals surface area contributed by atoms with Crippen molar-refractivity contribution < 1.29 is 19.7 Å². The molecule has 1 aromatic rings. The zero-order valence-corrected chi connectivity index (χ0v) is 10.2. The number of halogens is 1. The first-order valence-electron chi connectivity index (χ1n) is 4.25. The fourth-order valence-electron chi connectivity index (χ4n) is 1.25. The number of phenolic OH excluding ortho intramolecular Hbond substituents is 1. The van der Waals surface area contributed by atoms with Gasteiger partial charge in [-0.3, -0.25) is 0 Å². The summed E-state index contributed by atoms with van der Waals surface area (Å²) >= 11 is 3.20. The lowest BCUT2D eigenvalue weighted by Crippen LogP contribution is -2.05. The lowest BCUT2D eigenvalue weighted by molar-refractivity contribution is 0.142. The van der Waals surface area contributed by atoms with Crippen molar-refractivity contribution in [2.45, 2.75) is 20.8 Å². The zero-order chi connectivity index (χ0) is 11.7. The smallest absolute Gasteiger partial charge is 0.504 e. The number of hydrogen-bond donors (Lipinski definition) is 2. The summed E-state index contributed by atoms with van der Waals surface area (Å²) in [6.45, 7) is 5.37. The molecule has 1 aromatic carbocycles. The predicted octanol–water partition coefficient (Wildman–Crippen LogP) is 3.14. The highest BCUT2D eigenvalue weighted by Crippen LogP contribution is 2.41. The second kappa shape index (κ2) is 4.10. The number of aromatic hydroxyl groups is 1. The fourth-order valence-corrected chi connectivity index (χ4v) is 1.81. The Kier molecular flexibility index (Phi) is 3.24. The first kappa shape index (κ1) is 11.8. The predicted molar refractivity (Wildman–Crippen MR) is 58.7 cm³/mol. The van der Waals surface area contributed by atoms with Crippen molar-refractivity contribution in [2.24, 2.45) is 0 Å². The lowest BCUT2D eigenvalue weighted by atomic mass is 10.0. The largest absolute Gasteiger partial charge is 0.511 e. The van der Waals surface area contributed by atoms with Gasteiger partial charge >= 0.3 is 6.16 Å². The molecule has 0 unspecified atom stereocenters. The second-order valence-electron chi connectivity index (χ2n) is 3.23. The van der Waals surface area contributed by atoms with Crippen molar-refractivity contribution in [3.05, 3.63) is 21.2 Å². The third-order valence-corrected chi connectivity index (χ3v) is 3.37. The van der Waals surface area contributed by atoms with E-state index in [4.69, 9.17) is 5.11 Å². The number of carboxylic acid groups (broad SMARTS) is 1. The standard InChI is InChI=1S/C10H11BrO4/c1-4-5(2)7(11)9(15-10(13)14)8(12)6(4)3/h12H,1-3H3,(H,13,14). The summed E-state index contributed by atoms with van der Waals surface area (Å²) in [5, 5.41) is 18.2. The summed E-state index contributed by atoms with van der Waals surface area (Å²) in [6, 6.07) is 0. The Morgan fingerprint density at radius 1 is 1.20 bits per heavy atom. The minimum atomic E-state index is -1.45. The first-order valence-corrected chi connectivity index (χ1v) is 5.04. The zero-order valence-electron chi connectivity index (χ0n) is 8.59. The van der Waals surface area contributed by atoms with Crippen LogP contribution in [0.1, 0.15) is 16.7 Å². The number of ether oxygens (including phenoxy) is 1. The summed E-state index contributed by atoms with van der Waals surface area (Å²) in [6.07, 6.45) is -1.45. The van der Waals surface area contributed by atoms with Gasteiger partial charge in [0.1, 0.15) is 0 Å². The van der Waals surface area contributed by atoms with Crippen LogP contribution in [0.3, 0.4) is 0 Å². The van der Waals surface area contributed by atoms with Crippen LogP contribution in [0.5, 0.6) is 11.5 Å². The van der Waals surface area contributed by atoms with Crippen molar-refractivity contribution in [2.75, 3.05) is 0 Å². The van der Waals surface area contributed by atoms with Crippen molar-refractivity contribution in [1.82, 2.24) is 0 Å². The van der Waals surface area contributed by atoms with E-state index in [0.29, 0.717) is 10.0 Å². The van der Waals surface area contributed by atoms with Crippen LogP contribution in [0, 0.1) is 20.8 Å². The molecule has 0 spiro atoms. The molecule has 0 aliphatic heterocycles. The van der Waals surface area contributed by atoms with Crippen LogP contribution in [-0.2, 0) is 0 Å². The molecule has 82 valence electrons. The normalized spacial score (nSPS) is 10.1. The maximum atomic E-state index is 10.4. The summed E-state index contributed by atoms with van der Waals surface area (Å²) in [4.78, 5) is 10.4. The van der Waals surface area contributed by atoms with E-state index in [1.165, 1.54) is 0 Å². The van der Waals surface area contributed by atoms with E-state index in [2.05, 4.69) is 20.7 Å². The van der Waals surface area contributed by atoms with Crippen LogP contribution >= 0.6 is 15.9 Å². The van der Waals surface area contributed by atoms with Gasteiger partial charge in [0.2, 0.25) is 0 Å². The van der Waals surface area contributed by atoms with Gasteiger partial charge in [-0.1, -0.05) is 0 Å². The Morgan fingerprint density at radius 3 is 2.20 bits per heavy atom. The molecule has 0 fully saturated rings. The maximum absolute atomic E-state index is 10.4. The van der Waals surface area contributed by atoms with Crippen LogP contribution in [-0.4, -0.2) is 16.4 Å². The van der Waals surface area contributed by atoms with Gasteiger partial charge in [-0.25, -0.2) is 4.79 Å². The third-order valence-electron chi connectivity index (χ3n) is 2.41. The van der Waals surface area contributed by atoms with E-state index in [1.54, 1.807) is 6.92 Å².